The summed E-state index contributed by atoms with van der Waals surface area (Å²) in [5.74, 6) is 0.920. The van der Waals surface area contributed by atoms with Crippen molar-refractivity contribution in [3.05, 3.63) is 83.9 Å². The Kier molecular flexibility index (Phi) is 4.44. The maximum atomic E-state index is 4.72. The highest BCUT2D eigenvalue weighted by Gasteiger charge is 2.08. The number of hydrogen-bond donors (Lipinski definition) is 1. The molecule has 0 aliphatic carbocycles. The molecule has 0 amide bonds. The second-order valence-corrected chi connectivity index (χ2v) is 6.65. The molecule has 3 nitrogen and oxygen atoms in total. The van der Waals surface area contributed by atoms with Gasteiger partial charge in [-0.3, -0.25) is 0 Å². The minimum atomic E-state index is 0.917. The number of aryl methyl sites for hydroxylation is 1. The molecule has 0 spiro atoms. The van der Waals surface area contributed by atoms with E-state index in [4.69, 9.17) is 4.98 Å². The van der Waals surface area contributed by atoms with Crippen molar-refractivity contribution >= 4 is 16.7 Å². The summed E-state index contributed by atoms with van der Waals surface area (Å²) in [6.07, 6.45) is 0. The van der Waals surface area contributed by atoms with E-state index in [1.165, 1.54) is 16.8 Å². The molecule has 0 unspecified atom stereocenters. The van der Waals surface area contributed by atoms with Crippen LogP contribution in [-0.4, -0.2) is 16.5 Å². The second-order valence-electron chi connectivity index (χ2n) is 6.65. The van der Waals surface area contributed by atoms with Gasteiger partial charge >= 0.3 is 0 Å². The van der Waals surface area contributed by atoms with Gasteiger partial charge < -0.3 is 9.88 Å². The number of benzene rings is 3. The lowest BCUT2D eigenvalue weighted by Crippen LogP contribution is -2.21. The van der Waals surface area contributed by atoms with Crippen LogP contribution < -0.4 is 4.90 Å². The molecule has 0 aliphatic rings. The normalized spacial score (nSPS) is 11.0. The number of rotatable bonds is 5. The molecule has 0 fully saturated rings. The van der Waals surface area contributed by atoms with Gasteiger partial charge in [0.05, 0.1) is 11.0 Å². The van der Waals surface area contributed by atoms with Crippen LogP contribution in [0, 0.1) is 6.92 Å². The largest absolute Gasteiger partial charge is 0.367 e. The first kappa shape index (κ1) is 16.4. The van der Waals surface area contributed by atoms with Gasteiger partial charge in [-0.25, -0.2) is 4.98 Å². The summed E-state index contributed by atoms with van der Waals surface area (Å²) in [5.41, 5.74) is 7.00. The van der Waals surface area contributed by atoms with Crippen molar-refractivity contribution in [2.75, 3.05) is 11.4 Å². The number of nitrogens with one attached hydrogen (secondary N) is 1. The van der Waals surface area contributed by atoms with Crippen LogP contribution >= 0.6 is 0 Å². The zero-order chi connectivity index (χ0) is 17.9. The third-order valence-electron chi connectivity index (χ3n) is 4.74. The van der Waals surface area contributed by atoms with Crippen molar-refractivity contribution in [3.8, 4) is 11.4 Å². The smallest absolute Gasteiger partial charge is 0.138 e. The zero-order valence-electron chi connectivity index (χ0n) is 15.2. The Bertz CT molecular complexity index is 1000. The molecule has 1 heterocycles. The molecule has 4 rings (SSSR count). The lowest BCUT2D eigenvalue weighted by Gasteiger charge is -2.23. The molecule has 0 saturated heterocycles. The molecule has 26 heavy (non-hydrogen) atoms. The van der Waals surface area contributed by atoms with Crippen molar-refractivity contribution in [2.45, 2.75) is 20.4 Å². The minimum Gasteiger partial charge on any atom is -0.367 e. The highest BCUT2D eigenvalue weighted by atomic mass is 15.1. The molecule has 1 N–H and O–H groups in total. The van der Waals surface area contributed by atoms with E-state index in [9.17, 15) is 0 Å². The molecule has 4 aromatic rings. The van der Waals surface area contributed by atoms with Gasteiger partial charge in [0, 0.05) is 24.3 Å². The van der Waals surface area contributed by atoms with Crippen molar-refractivity contribution in [3.63, 3.8) is 0 Å². The van der Waals surface area contributed by atoms with Gasteiger partial charge in [0.1, 0.15) is 5.82 Å². The van der Waals surface area contributed by atoms with E-state index >= 15 is 0 Å². The predicted molar refractivity (Wildman–Crippen MR) is 109 cm³/mol. The van der Waals surface area contributed by atoms with Crippen LogP contribution in [0.25, 0.3) is 22.4 Å². The van der Waals surface area contributed by atoms with Gasteiger partial charge in [-0.2, -0.15) is 0 Å². The number of aromatic nitrogens is 2. The molecular weight excluding hydrogens is 318 g/mol. The average molecular weight is 341 g/mol. The molecular formula is C23H23N3. The Morgan fingerprint density at radius 3 is 2.42 bits per heavy atom. The maximum Gasteiger partial charge on any atom is 0.138 e. The fourth-order valence-corrected chi connectivity index (χ4v) is 3.28. The van der Waals surface area contributed by atoms with Crippen molar-refractivity contribution < 1.29 is 0 Å². The number of nitrogens with zero attached hydrogens (tertiary/aromatic N) is 2. The number of anilines is 1. The summed E-state index contributed by atoms with van der Waals surface area (Å²) in [5, 5.41) is 0. The first-order valence-electron chi connectivity index (χ1n) is 9.08. The van der Waals surface area contributed by atoms with E-state index in [1.807, 2.05) is 0 Å². The Balaban J connectivity index is 1.58. The standard InChI is InChI=1S/C23H23N3/c1-3-26(16-18-7-5-4-6-8-18)20-12-10-19(11-13-20)23-24-21-14-9-17(2)15-22(21)25-23/h4-15H,3,16H2,1-2H3,(H,24,25). The van der Waals surface area contributed by atoms with E-state index in [0.717, 1.165) is 35.5 Å². The molecule has 3 heteroatoms. The zero-order valence-corrected chi connectivity index (χ0v) is 15.2. The molecule has 0 bridgehead atoms. The summed E-state index contributed by atoms with van der Waals surface area (Å²) >= 11 is 0. The van der Waals surface area contributed by atoms with Gasteiger partial charge in [0.15, 0.2) is 0 Å². The van der Waals surface area contributed by atoms with Crippen LogP contribution in [0.4, 0.5) is 5.69 Å². The maximum absolute atomic E-state index is 4.72. The first-order valence-corrected chi connectivity index (χ1v) is 9.08. The quantitative estimate of drug-likeness (QED) is 0.515. The predicted octanol–water partition coefficient (Wildman–Crippen LogP) is 5.56. The van der Waals surface area contributed by atoms with Crippen LogP contribution in [0.5, 0.6) is 0 Å². The molecule has 1 aromatic heterocycles. The Labute approximate surface area is 154 Å². The van der Waals surface area contributed by atoms with E-state index in [-0.39, 0.29) is 0 Å². The minimum absolute atomic E-state index is 0.917. The molecule has 0 aliphatic heterocycles. The first-order chi connectivity index (χ1) is 12.7. The molecule has 0 atom stereocenters. The molecule has 3 aromatic carbocycles. The SMILES string of the molecule is CCN(Cc1ccccc1)c1ccc(-c2nc3ccc(C)cc3[nH]2)cc1. The summed E-state index contributed by atoms with van der Waals surface area (Å²) in [6.45, 7) is 6.18. The van der Waals surface area contributed by atoms with Gasteiger partial charge in [-0.1, -0.05) is 36.4 Å². The van der Waals surface area contributed by atoms with E-state index in [2.05, 4.69) is 96.5 Å². The van der Waals surface area contributed by atoms with Crippen molar-refractivity contribution in [1.29, 1.82) is 0 Å². The van der Waals surface area contributed by atoms with Crippen LogP contribution in [0.1, 0.15) is 18.1 Å². The van der Waals surface area contributed by atoms with Gasteiger partial charge in [-0.15, -0.1) is 0 Å². The van der Waals surface area contributed by atoms with Crippen LogP contribution in [0.15, 0.2) is 72.8 Å². The third-order valence-corrected chi connectivity index (χ3v) is 4.74. The lowest BCUT2D eigenvalue weighted by atomic mass is 10.1. The van der Waals surface area contributed by atoms with Crippen LogP contribution in [-0.2, 0) is 6.54 Å². The molecule has 0 saturated carbocycles. The summed E-state index contributed by atoms with van der Waals surface area (Å²) in [7, 11) is 0. The topological polar surface area (TPSA) is 31.9 Å². The highest BCUT2D eigenvalue weighted by molar-refractivity contribution is 5.80. The summed E-state index contributed by atoms with van der Waals surface area (Å²) in [6, 6.07) is 25.5. The number of imidazole rings is 1. The lowest BCUT2D eigenvalue weighted by molar-refractivity contribution is 0.832. The van der Waals surface area contributed by atoms with Gasteiger partial charge in [-0.05, 0) is 61.4 Å². The van der Waals surface area contributed by atoms with Crippen molar-refractivity contribution in [2.24, 2.45) is 0 Å². The molecule has 0 radical (unpaired) electrons. The fraction of sp³-hybridized carbons (Fsp3) is 0.174. The number of fused-ring (bicyclic) bond motifs is 1. The number of H-pyrrole nitrogens is 1. The summed E-state index contributed by atoms with van der Waals surface area (Å²) in [4.78, 5) is 10.5. The van der Waals surface area contributed by atoms with Crippen LogP contribution in [0.3, 0.4) is 0 Å². The molecule has 130 valence electrons. The monoisotopic (exact) mass is 341 g/mol. The Morgan fingerprint density at radius 1 is 0.923 bits per heavy atom. The Morgan fingerprint density at radius 2 is 1.69 bits per heavy atom. The number of hydrogen-bond acceptors (Lipinski definition) is 2. The van der Waals surface area contributed by atoms with E-state index < -0.39 is 0 Å². The van der Waals surface area contributed by atoms with E-state index in [1.54, 1.807) is 0 Å². The van der Waals surface area contributed by atoms with Crippen LogP contribution in [0.2, 0.25) is 0 Å². The van der Waals surface area contributed by atoms with E-state index in [0.29, 0.717) is 0 Å². The van der Waals surface area contributed by atoms with Gasteiger partial charge in [0.2, 0.25) is 0 Å². The average Bonchev–Trinajstić information content (AvgIpc) is 3.10. The fourth-order valence-electron chi connectivity index (χ4n) is 3.28. The summed E-state index contributed by atoms with van der Waals surface area (Å²) < 4.78 is 0. The van der Waals surface area contributed by atoms with Gasteiger partial charge in [0.25, 0.3) is 0 Å². The Hall–Kier alpha value is -3.07. The highest BCUT2D eigenvalue weighted by Crippen LogP contribution is 2.25. The van der Waals surface area contributed by atoms with Crippen molar-refractivity contribution in [1.82, 2.24) is 9.97 Å². The second kappa shape index (κ2) is 7.04. The third kappa shape index (κ3) is 3.33. The number of aromatic amines is 1.